The Hall–Kier alpha value is -1.89. The second-order valence-electron chi connectivity index (χ2n) is 5.77. The van der Waals surface area contributed by atoms with Crippen LogP contribution in [0.4, 0.5) is 5.13 Å². The van der Waals surface area contributed by atoms with Crippen LogP contribution in [0.15, 0.2) is 46.3 Å². The molecular formula is C19H16BrClN2O2S. The van der Waals surface area contributed by atoms with E-state index in [9.17, 15) is 4.79 Å². The number of halogens is 2. The minimum Gasteiger partial charge on any atom is -0.483 e. The summed E-state index contributed by atoms with van der Waals surface area (Å²) in [5.41, 5.74) is 4.25. The number of benzene rings is 2. The molecule has 2 aromatic carbocycles. The van der Waals surface area contributed by atoms with Crippen molar-refractivity contribution < 1.29 is 9.53 Å². The van der Waals surface area contributed by atoms with E-state index in [4.69, 9.17) is 16.3 Å². The van der Waals surface area contributed by atoms with E-state index in [0.717, 1.165) is 16.8 Å². The van der Waals surface area contributed by atoms with Crippen LogP contribution < -0.4 is 10.1 Å². The topological polar surface area (TPSA) is 51.2 Å². The molecular weight excluding hydrogens is 436 g/mol. The minimum absolute atomic E-state index is 0.112. The van der Waals surface area contributed by atoms with Crippen LogP contribution in [0.1, 0.15) is 11.1 Å². The molecule has 0 aliphatic rings. The molecule has 4 nitrogen and oxygen atoms in total. The SMILES string of the molecule is Cc1ccc(C)c(-c2csc(NC(=O)COc3ccc(Cl)cc3Br)n2)c1. The highest BCUT2D eigenvalue weighted by Gasteiger charge is 2.11. The number of carbonyl (C=O) groups excluding carboxylic acids is 1. The van der Waals surface area contributed by atoms with Crippen LogP contribution in [0, 0.1) is 13.8 Å². The summed E-state index contributed by atoms with van der Waals surface area (Å²) in [5, 5.41) is 5.85. The number of hydrogen-bond donors (Lipinski definition) is 1. The monoisotopic (exact) mass is 450 g/mol. The van der Waals surface area contributed by atoms with Crippen LogP contribution in [-0.2, 0) is 4.79 Å². The van der Waals surface area contributed by atoms with Gasteiger partial charge in [0, 0.05) is 16.0 Å². The van der Waals surface area contributed by atoms with Gasteiger partial charge in [-0.15, -0.1) is 11.3 Å². The van der Waals surface area contributed by atoms with Crippen molar-refractivity contribution in [2.24, 2.45) is 0 Å². The molecule has 0 fully saturated rings. The molecule has 0 atom stereocenters. The van der Waals surface area contributed by atoms with Gasteiger partial charge >= 0.3 is 0 Å². The molecule has 1 aromatic heterocycles. The van der Waals surface area contributed by atoms with Crippen molar-refractivity contribution in [3.8, 4) is 17.0 Å². The molecule has 0 bridgehead atoms. The number of ether oxygens (including phenoxy) is 1. The Labute approximate surface area is 169 Å². The molecule has 0 aliphatic carbocycles. The molecule has 0 saturated carbocycles. The van der Waals surface area contributed by atoms with E-state index in [1.165, 1.54) is 16.9 Å². The molecule has 3 aromatic rings. The summed E-state index contributed by atoms with van der Waals surface area (Å²) in [6, 6.07) is 11.4. The average molecular weight is 452 g/mol. The molecule has 3 rings (SSSR count). The number of rotatable bonds is 5. The van der Waals surface area contributed by atoms with Gasteiger partial charge in [0.25, 0.3) is 5.91 Å². The van der Waals surface area contributed by atoms with Gasteiger partial charge in [0.15, 0.2) is 11.7 Å². The van der Waals surface area contributed by atoms with Crippen LogP contribution in [0.5, 0.6) is 5.75 Å². The molecule has 1 amide bonds. The maximum atomic E-state index is 12.1. The van der Waals surface area contributed by atoms with E-state index < -0.39 is 0 Å². The lowest BCUT2D eigenvalue weighted by atomic mass is 10.0. The highest BCUT2D eigenvalue weighted by Crippen LogP contribution is 2.29. The fraction of sp³-hybridized carbons (Fsp3) is 0.158. The Kier molecular flexibility index (Phi) is 5.96. The van der Waals surface area contributed by atoms with Gasteiger partial charge in [-0.05, 0) is 59.6 Å². The van der Waals surface area contributed by atoms with Gasteiger partial charge in [-0.1, -0.05) is 29.3 Å². The number of hydrogen-bond acceptors (Lipinski definition) is 4. The Bertz CT molecular complexity index is 958. The molecule has 0 radical (unpaired) electrons. The van der Waals surface area contributed by atoms with Crippen molar-refractivity contribution in [2.75, 3.05) is 11.9 Å². The summed E-state index contributed by atoms with van der Waals surface area (Å²) >= 11 is 10.6. The van der Waals surface area contributed by atoms with Crippen LogP contribution in [0.25, 0.3) is 11.3 Å². The van der Waals surface area contributed by atoms with Gasteiger partial charge < -0.3 is 4.74 Å². The van der Waals surface area contributed by atoms with E-state index in [-0.39, 0.29) is 12.5 Å². The van der Waals surface area contributed by atoms with Crippen molar-refractivity contribution in [1.29, 1.82) is 0 Å². The minimum atomic E-state index is -0.270. The Morgan fingerprint density at radius 1 is 1.27 bits per heavy atom. The third-order valence-corrected chi connectivity index (χ3v) is 5.28. The summed E-state index contributed by atoms with van der Waals surface area (Å²) < 4.78 is 6.21. The van der Waals surface area contributed by atoms with E-state index in [0.29, 0.717) is 20.4 Å². The summed E-state index contributed by atoms with van der Waals surface area (Å²) in [7, 11) is 0. The zero-order valence-electron chi connectivity index (χ0n) is 14.2. The predicted molar refractivity (Wildman–Crippen MR) is 110 cm³/mol. The first-order valence-corrected chi connectivity index (χ1v) is 9.88. The van der Waals surface area contributed by atoms with Gasteiger partial charge in [0.1, 0.15) is 5.75 Å². The van der Waals surface area contributed by atoms with Crippen LogP contribution in [0.2, 0.25) is 5.02 Å². The third-order valence-electron chi connectivity index (χ3n) is 3.67. The lowest BCUT2D eigenvalue weighted by Crippen LogP contribution is -2.20. The van der Waals surface area contributed by atoms with E-state index in [1.807, 2.05) is 19.2 Å². The first kappa shape index (κ1) is 18.9. The van der Waals surface area contributed by atoms with E-state index >= 15 is 0 Å². The van der Waals surface area contributed by atoms with E-state index in [1.54, 1.807) is 18.2 Å². The lowest BCUT2D eigenvalue weighted by molar-refractivity contribution is -0.118. The summed E-state index contributed by atoms with van der Waals surface area (Å²) in [5.74, 6) is 0.286. The zero-order valence-corrected chi connectivity index (χ0v) is 17.3. The number of carbonyl (C=O) groups is 1. The second-order valence-corrected chi connectivity index (χ2v) is 7.92. The van der Waals surface area contributed by atoms with Gasteiger partial charge in [-0.3, -0.25) is 10.1 Å². The number of amides is 1. The largest absolute Gasteiger partial charge is 0.483 e. The first-order chi connectivity index (χ1) is 12.4. The van der Waals surface area contributed by atoms with Gasteiger partial charge in [0.05, 0.1) is 10.2 Å². The molecule has 1 heterocycles. The summed E-state index contributed by atoms with van der Waals surface area (Å²) in [6.45, 7) is 3.98. The van der Waals surface area contributed by atoms with Gasteiger partial charge in [0.2, 0.25) is 0 Å². The predicted octanol–water partition coefficient (Wildman–Crippen LogP) is 5.86. The smallest absolute Gasteiger partial charge is 0.264 e. The van der Waals surface area contributed by atoms with Crippen molar-refractivity contribution in [3.05, 3.63) is 62.4 Å². The second kappa shape index (κ2) is 8.20. The highest BCUT2D eigenvalue weighted by molar-refractivity contribution is 9.10. The van der Waals surface area contributed by atoms with Crippen molar-refractivity contribution >= 4 is 49.9 Å². The molecule has 0 unspecified atom stereocenters. The molecule has 134 valence electrons. The Balaban J connectivity index is 1.63. The Morgan fingerprint density at radius 2 is 2.08 bits per heavy atom. The number of nitrogens with zero attached hydrogens (tertiary/aromatic N) is 1. The Morgan fingerprint density at radius 3 is 2.85 bits per heavy atom. The summed E-state index contributed by atoms with van der Waals surface area (Å²) in [4.78, 5) is 16.6. The van der Waals surface area contributed by atoms with Crippen molar-refractivity contribution in [3.63, 3.8) is 0 Å². The lowest BCUT2D eigenvalue weighted by Gasteiger charge is -2.08. The number of nitrogens with one attached hydrogen (secondary N) is 1. The van der Waals surface area contributed by atoms with Crippen molar-refractivity contribution in [1.82, 2.24) is 4.98 Å². The molecule has 1 N–H and O–H groups in total. The summed E-state index contributed by atoms with van der Waals surface area (Å²) in [6.07, 6.45) is 0. The standard InChI is InChI=1S/C19H16BrClN2O2S/c1-11-3-4-12(2)14(7-11)16-10-26-19(22-16)23-18(24)9-25-17-6-5-13(21)8-15(17)20/h3-8,10H,9H2,1-2H3,(H,22,23,24). The van der Waals surface area contributed by atoms with Crippen LogP contribution in [-0.4, -0.2) is 17.5 Å². The third kappa shape index (κ3) is 4.63. The normalized spacial score (nSPS) is 10.6. The quantitative estimate of drug-likeness (QED) is 0.528. The number of thiazole rings is 1. The van der Waals surface area contributed by atoms with E-state index in [2.05, 4.69) is 44.4 Å². The molecule has 0 saturated heterocycles. The fourth-order valence-electron chi connectivity index (χ4n) is 2.36. The molecule has 26 heavy (non-hydrogen) atoms. The maximum absolute atomic E-state index is 12.1. The zero-order chi connectivity index (χ0) is 18.7. The number of aryl methyl sites for hydroxylation is 2. The molecule has 7 heteroatoms. The van der Waals surface area contributed by atoms with Gasteiger partial charge in [-0.25, -0.2) is 4.98 Å². The van der Waals surface area contributed by atoms with Crippen LogP contribution in [0.3, 0.4) is 0 Å². The number of anilines is 1. The molecule has 0 aliphatic heterocycles. The fourth-order valence-corrected chi connectivity index (χ4v) is 3.88. The molecule has 0 spiro atoms. The first-order valence-electron chi connectivity index (χ1n) is 7.83. The maximum Gasteiger partial charge on any atom is 0.264 e. The van der Waals surface area contributed by atoms with Gasteiger partial charge in [-0.2, -0.15) is 0 Å². The van der Waals surface area contributed by atoms with Crippen molar-refractivity contribution in [2.45, 2.75) is 13.8 Å². The van der Waals surface area contributed by atoms with Crippen LogP contribution >= 0.6 is 38.9 Å². The highest BCUT2D eigenvalue weighted by atomic mass is 79.9. The number of aromatic nitrogens is 1. The average Bonchev–Trinajstić information content (AvgIpc) is 3.04.